The summed E-state index contributed by atoms with van der Waals surface area (Å²) in [6, 6.07) is 0. The molecule has 2 aliphatic rings. The Kier molecular flexibility index (Phi) is 4.24. The van der Waals surface area contributed by atoms with E-state index in [1.807, 2.05) is 16.8 Å². The number of nitrogens with zero attached hydrogens (tertiary/aromatic N) is 4. The normalized spacial score (nSPS) is 25.0. The maximum Gasteiger partial charge on any atom is 0.257 e. The van der Waals surface area contributed by atoms with Crippen molar-refractivity contribution >= 4 is 11.8 Å². The number of rotatable bonds is 3. The van der Waals surface area contributed by atoms with Crippen LogP contribution in [0.2, 0.25) is 0 Å². The van der Waals surface area contributed by atoms with Gasteiger partial charge >= 0.3 is 0 Å². The second-order valence-electron chi connectivity index (χ2n) is 6.57. The van der Waals surface area contributed by atoms with E-state index in [9.17, 15) is 9.59 Å². The zero-order valence-corrected chi connectivity index (χ0v) is 13.7. The molecule has 2 aliphatic heterocycles. The average Bonchev–Trinajstić information content (AvgIpc) is 3.01. The number of likely N-dealkylation sites (tertiary alicyclic amines) is 2. The Morgan fingerprint density at radius 2 is 2.22 bits per heavy atom. The minimum Gasteiger partial charge on any atom is -0.338 e. The Hall–Kier alpha value is -2.11. The lowest BCUT2D eigenvalue weighted by molar-refractivity contribution is -0.130. The van der Waals surface area contributed by atoms with E-state index in [1.54, 1.807) is 23.2 Å². The van der Waals surface area contributed by atoms with Gasteiger partial charge in [-0.1, -0.05) is 6.08 Å². The third-order valence-corrected chi connectivity index (χ3v) is 5.15. The Morgan fingerprint density at radius 1 is 1.39 bits per heavy atom. The molecule has 2 amide bonds. The summed E-state index contributed by atoms with van der Waals surface area (Å²) >= 11 is 0. The summed E-state index contributed by atoms with van der Waals surface area (Å²) in [5.74, 6) is 0.256. The molecule has 124 valence electrons. The van der Waals surface area contributed by atoms with E-state index < -0.39 is 0 Å². The van der Waals surface area contributed by atoms with Crippen LogP contribution < -0.4 is 0 Å². The Bertz CT molecular complexity index is 624. The van der Waals surface area contributed by atoms with Gasteiger partial charge in [0.05, 0.1) is 11.8 Å². The fourth-order valence-electron chi connectivity index (χ4n) is 3.91. The SMILES string of the molecule is C=CCN1C(=O)CC[C@@]12CCCN(C(=O)c1cnn(C)c1)CC2. The quantitative estimate of drug-likeness (QED) is 0.796. The van der Waals surface area contributed by atoms with Crippen LogP contribution >= 0.6 is 0 Å². The van der Waals surface area contributed by atoms with Crippen molar-refractivity contribution in [2.45, 2.75) is 37.6 Å². The summed E-state index contributed by atoms with van der Waals surface area (Å²) in [5, 5.41) is 4.08. The molecule has 0 bridgehead atoms. The smallest absolute Gasteiger partial charge is 0.257 e. The zero-order chi connectivity index (χ0) is 16.4. The molecule has 23 heavy (non-hydrogen) atoms. The van der Waals surface area contributed by atoms with Crippen LogP contribution in [0.25, 0.3) is 0 Å². The molecule has 0 unspecified atom stereocenters. The van der Waals surface area contributed by atoms with E-state index in [1.165, 1.54) is 0 Å². The first kappa shape index (κ1) is 15.8. The summed E-state index contributed by atoms with van der Waals surface area (Å²) in [7, 11) is 1.81. The molecule has 1 spiro atoms. The van der Waals surface area contributed by atoms with Crippen molar-refractivity contribution in [2.75, 3.05) is 19.6 Å². The predicted octanol–water partition coefficient (Wildman–Crippen LogP) is 1.59. The van der Waals surface area contributed by atoms with Crippen LogP contribution in [0.3, 0.4) is 0 Å². The highest BCUT2D eigenvalue weighted by molar-refractivity contribution is 5.93. The van der Waals surface area contributed by atoms with Crippen molar-refractivity contribution in [3.63, 3.8) is 0 Å². The molecule has 1 aromatic heterocycles. The predicted molar refractivity (Wildman–Crippen MR) is 86.8 cm³/mol. The lowest BCUT2D eigenvalue weighted by Gasteiger charge is -2.37. The number of amides is 2. The summed E-state index contributed by atoms with van der Waals surface area (Å²) in [6.45, 7) is 5.81. The highest BCUT2D eigenvalue weighted by Gasteiger charge is 2.45. The number of carbonyl (C=O) groups is 2. The van der Waals surface area contributed by atoms with Gasteiger partial charge in [0.25, 0.3) is 5.91 Å². The molecule has 3 rings (SSSR count). The van der Waals surface area contributed by atoms with Gasteiger partial charge < -0.3 is 9.80 Å². The van der Waals surface area contributed by atoms with Crippen molar-refractivity contribution < 1.29 is 9.59 Å². The highest BCUT2D eigenvalue weighted by Crippen LogP contribution is 2.39. The fraction of sp³-hybridized carbons (Fsp3) is 0.588. The van der Waals surface area contributed by atoms with Gasteiger partial charge in [-0.3, -0.25) is 14.3 Å². The second-order valence-corrected chi connectivity index (χ2v) is 6.57. The molecule has 6 nitrogen and oxygen atoms in total. The van der Waals surface area contributed by atoms with Crippen LogP contribution in [0.5, 0.6) is 0 Å². The largest absolute Gasteiger partial charge is 0.338 e. The molecule has 0 aliphatic carbocycles. The molecule has 0 N–H and O–H groups in total. The summed E-state index contributed by atoms with van der Waals surface area (Å²) in [4.78, 5) is 28.7. The maximum absolute atomic E-state index is 12.6. The van der Waals surface area contributed by atoms with Gasteiger partial charge in [-0.2, -0.15) is 5.10 Å². The van der Waals surface area contributed by atoms with Crippen LogP contribution in [0.15, 0.2) is 25.0 Å². The van der Waals surface area contributed by atoms with E-state index in [2.05, 4.69) is 11.7 Å². The Balaban J connectivity index is 1.73. The van der Waals surface area contributed by atoms with Gasteiger partial charge in [0.2, 0.25) is 5.91 Å². The van der Waals surface area contributed by atoms with Crippen molar-refractivity contribution in [1.82, 2.24) is 19.6 Å². The van der Waals surface area contributed by atoms with Crippen LogP contribution in [0.4, 0.5) is 0 Å². The average molecular weight is 316 g/mol. The first-order valence-electron chi connectivity index (χ1n) is 8.25. The monoisotopic (exact) mass is 316 g/mol. The number of aromatic nitrogens is 2. The van der Waals surface area contributed by atoms with Crippen LogP contribution in [0.1, 0.15) is 42.5 Å². The van der Waals surface area contributed by atoms with E-state index in [-0.39, 0.29) is 17.4 Å². The minimum atomic E-state index is -0.0881. The molecule has 1 aromatic rings. The van der Waals surface area contributed by atoms with E-state index in [0.29, 0.717) is 25.1 Å². The van der Waals surface area contributed by atoms with Gasteiger partial charge in [0.15, 0.2) is 0 Å². The molecular formula is C17H24N4O2. The maximum atomic E-state index is 12.6. The highest BCUT2D eigenvalue weighted by atomic mass is 16.2. The van der Waals surface area contributed by atoms with Crippen LogP contribution in [0, 0.1) is 0 Å². The first-order chi connectivity index (χ1) is 11.1. The number of aryl methyl sites for hydroxylation is 1. The van der Waals surface area contributed by atoms with Crippen molar-refractivity contribution in [3.8, 4) is 0 Å². The molecule has 2 saturated heterocycles. The molecule has 0 aromatic carbocycles. The number of hydrogen-bond donors (Lipinski definition) is 0. The van der Waals surface area contributed by atoms with Gasteiger partial charge in [-0.25, -0.2) is 0 Å². The lowest BCUT2D eigenvalue weighted by atomic mass is 9.87. The van der Waals surface area contributed by atoms with Crippen LogP contribution in [-0.4, -0.2) is 56.6 Å². The topological polar surface area (TPSA) is 58.4 Å². The van der Waals surface area contributed by atoms with Crippen molar-refractivity contribution in [2.24, 2.45) is 7.05 Å². The van der Waals surface area contributed by atoms with Gasteiger partial charge in [-0.15, -0.1) is 6.58 Å². The third kappa shape index (κ3) is 2.90. The standard InChI is InChI=1S/C17H24N4O2/c1-3-9-21-15(22)5-7-17(21)6-4-10-20(11-8-17)16(23)14-12-18-19(2)13-14/h3,12-13H,1,4-11H2,2H3/t17-/m1/s1. The number of carbonyl (C=O) groups excluding carboxylic acids is 2. The van der Waals surface area contributed by atoms with Gasteiger partial charge in [0.1, 0.15) is 0 Å². The van der Waals surface area contributed by atoms with Crippen molar-refractivity contribution in [3.05, 3.63) is 30.6 Å². The number of hydrogen-bond acceptors (Lipinski definition) is 3. The van der Waals surface area contributed by atoms with Crippen molar-refractivity contribution in [1.29, 1.82) is 0 Å². The molecule has 6 heteroatoms. The molecule has 3 heterocycles. The Labute approximate surface area is 136 Å². The Morgan fingerprint density at radius 3 is 2.91 bits per heavy atom. The lowest BCUT2D eigenvalue weighted by Crippen LogP contribution is -2.46. The third-order valence-electron chi connectivity index (χ3n) is 5.15. The summed E-state index contributed by atoms with van der Waals surface area (Å²) < 4.78 is 1.65. The first-order valence-corrected chi connectivity index (χ1v) is 8.25. The fourth-order valence-corrected chi connectivity index (χ4v) is 3.91. The summed E-state index contributed by atoms with van der Waals surface area (Å²) in [5.41, 5.74) is 0.545. The van der Waals surface area contributed by atoms with Gasteiger partial charge in [0, 0.05) is 44.8 Å². The van der Waals surface area contributed by atoms with E-state index in [0.717, 1.165) is 32.2 Å². The minimum absolute atomic E-state index is 0.0368. The molecule has 2 fully saturated rings. The molecule has 1 atom stereocenters. The van der Waals surface area contributed by atoms with E-state index >= 15 is 0 Å². The molecular weight excluding hydrogens is 292 g/mol. The molecule has 0 radical (unpaired) electrons. The summed E-state index contributed by atoms with van der Waals surface area (Å²) in [6.07, 6.45) is 9.42. The second kappa shape index (κ2) is 6.18. The van der Waals surface area contributed by atoms with Crippen LogP contribution in [-0.2, 0) is 11.8 Å². The van der Waals surface area contributed by atoms with Gasteiger partial charge in [-0.05, 0) is 25.7 Å². The molecule has 0 saturated carbocycles. The zero-order valence-electron chi connectivity index (χ0n) is 13.7. The van der Waals surface area contributed by atoms with E-state index in [4.69, 9.17) is 0 Å².